The Morgan fingerprint density at radius 2 is 1.72 bits per heavy atom. The van der Waals surface area contributed by atoms with Gasteiger partial charge in [-0.1, -0.05) is 0 Å². The molecule has 0 unspecified atom stereocenters. The van der Waals surface area contributed by atoms with Crippen molar-refractivity contribution in [2.75, 3.05) is 46.8 Å². The highest BCUT2D eigenvalue weighted by molar-refractivity contribution is 5.79. The van der Waals surface area contributed by atoms with Crippen LogP contribution in [0.5, 0.6) is 0 Å². The highest BCUT2D eigenvalue weighted by Crippen LogP contribution is 2.40. The van der Waals surface area contributed by atoms with Crippen molar-refractivity contribution in [3.63, 3.8) is 0 Å². The van der Waals surface area contributed by atoms with Crippen LogP contribution < -0.4 is 10.6 Å². The van der Waals surface area contributed by atoms with Crippen molar-refractivity contribution >= 4 is 11.9 Å². The number of nitrogens with zero attached hydrogens (tertiary/aromatic N) is 2. The Balaban J connectivity index is 1.78. The van der Waals surface area contributed by atoms with Crippen LogP contribution in [0.3, 0.4) is 0 Å². The molecule has 2 fully saturated rings. The van der Waals surface area contributed by atoms with Gasteiger partial charge in [0.25, 0.3) is 0 Å². The molecule has 0 aromatic rings. The first kappa shape index (κ1) is 13.1. The first-order chi connectivity index (χ1) is 8.60. The molecular weight excluding hydrogens is 232 g/mol. The Morgan fingerprint density at radius 3 is 2.22 bits per heavy atom. The van der Waals surface area contributed by atoms with Crippen LogP contribution in [0.25, 0.3) is 0 Å². The third-order valence-corrected chi connectivity index (χ3v) is 4.06. The van der Waals surface area contributed by atoms with Crippen LogP contribution in [0.1, 0.15) is 12.8 Å². The summed E-state index contributed by atoms with van der Waals surface area (Å²) in [6.45, 7) is 3.73. The van der Waals surface area contributed by atoms with Crippen molar-refractivity contribution in [1.82, 2.24) is 20.4 Å². The molecule has 0 radical (unpaired) electrons. The molecule has 2 aliphatic rings. The summed E-state index contributed by atoms with van der Waals surface area (Å²) in [6, 6.07) is 0.00675. The summed E-state index contributed by atoms with van der Waals surface area (Å²) >= 11 is 0. The molecule has 0 aliphatic carbocycles. The van der Waals surface area contributed by atoms with Gasteiger partial charge in [-0.05, 0) is 19.9 Å². The molecule has 2 saturated heterocycles. The molecule has 0 bridgehead atoms. The van der Waals surface area contributed by atoms with Crippen LogP contribution in [0, 0.1) is 5.41 Å². The molecule has 18 heavy (non-hydrogen) atoms. The fraction of sp³-hybridized carbons (Fsp3) is 0.833. The standard InChI is InChI=1S/C12H22N4O2/c1-13-7-10(17)16-8-12(9-16)3-5-15(6-4-12)11(18)14-2/h13H,3-9H2,1-2H3,(H,14,18). The molecule has 102 valence electrons. The summed E-state index contributed by atoms with van der Waals surface area (Å²) in [5.74, 6) is 0.178. The highest BCUT2D eigenvalue weighted by Gasteiger charge is 2.46. The van der Waals surface area contributed by atoms with E-state index >= 15 is 0 Å². The Hall–Kier alpha value is -1.30. The van der Waals surface area contributed by atoms with Crippen molar-refractivity contribution in [2.24, 2.45) is 5.41 Å². The summed E-state index contributed by atoms with van der Waals surface area (Å²) in [5.41, 5.74) is 0.272. The maximum absolute atomic E-state index is 11.7. The lowest BCUT2D eigenvalue weighted by Gasteiger charge is -2.53. The first-order valence-electron chi connectivity index (χ1n) is 6.49. The van der Waals surface area contributed by atoms with Crippen molar-refractivity contribution in [2.45, 2.75) is 12.8 Å². The zero-order chi connectivity index (χ0) is 13.2. The number of urea groups is 1. The molecule has 1 spiro atoms. The third kappa shape index (κ3) is 2.43. The molecule has 2 heterocycles. The molecule has 2 aliphatic heterocycles. The summed E-state index contributed by atoms with van der Waals surface area (Å²) in [7, 11) is 3.45. The second kappa shape index (κ2) is 5.14. The lowest BCUT2D eigenvalue weighted by molar-refractivity contribution is -0.145. The summed E-state index contributed by atoms with van der Waals surface area (Å²) in [5, 5.41) is 5.54. The average Bonchev–Trinajstić information content (AvgIpc) is 2.35. The molecule has 2 N–H and O–H groups in total. The quantitative estimate of drug-likeness (QED) is 0.696. The van der Waals surface area contributed by atoms with E-state index in [4.69, 9.17) is 0 Å². The van der Waals surface area contributed by atoms with Gasteiger partial charge in [0.05, 0.1) is 6.54 Å². The zero-order valence-corrected chi connectivity index (χ0v) is 11.2. The average molecular weight is 254 g/mol. The minimum atomic E-state index is 0.00675. The number of likely N-dealkylation sites (N-methyl/N-ethyl adjacent to an activating group) is 1. The van der Waals surface area contributed by atoms with Crippen molar-refractivity contribution in [3.05, 3.63) is 0 Å². The second-order valence-corrected chi connectivity index (χ2v) is 5.32. The van der Waals surface area contributed by atoms with E-state index in [1.807, 2.05) is 9.80 Å². The third-order valence-electron chi connectivity index (χ3n) is 4.06. The van der Waals surface area contributed by atoms with Gasteiger partial charge in [0, 0.05) is 38.6 Å². The Kier molecular flexibility index (Phi) is 3.75. The highest BCUT2D eigenvalue weighted by atomic mass is 16.2. The van der Waals surface area contributed by atoms with Crippen molar-refractivity contribution < 1.29 is 9.59 Å². The molecule has 2 rings (SSSR count). The molecule has 3 amide bonds. The van der Waals surface area contributed by atoms with E-state index in [2.05, 4.69) is 10.6 Å². The number of carbonyl (C=O) groups excluding carboxylic acids is 2. The van der Waals surface area contributed by atoms with Gasteiger partial charge in [-0.3, -0.25) is 4.79 Å². The topological polar surface area (TPSA) is 64.7 Å². The Morgan fingerprint density at radius 1 is 1.11 bits per heavy atom. The fourth-order valence-corrected chi connectivity index (χ4v) is 2.86. The predicted molar refractivity (Wildman–Crippen MR) is 68.2 cm³/mol. The monoisotopic (exact) mass is 254 g/mol. The van der Waals surface area contributed by atoms with Crippen LogP contribution in [-0.2, 0) is 4.79 Å². The molecule has 0 atom stereocenters. The molecule has 0 aromatic heterocycles. The zero-order valence-electron chi connectivity index (χ0n) is 11.2. The maximum atomic E-state index is 11.7. The molecule has 0 saturated carbocycles. The van der Waals surface area contributed by atoms with E-state index in [0.29, 0.717) is 6.54 Å². The van der Waals surface area contributed by atoms with Crippen LogP contribution in [0.2, 0.25) is 0 Å². The van der Waals surface area contributed by atoms with Crippen molar-refractivity contribution in [3.8, 4) is 0 Å². The smallest absolute Gasteiger partial charge is 0.317 e. The SMILES string of the molecule is CNCC(=O)N1CC2(CCN(C(=O)NC)CC2)C1. The number of hydrogen-bond donors (Lipinski definition) is 2. The van der Waals surface area contributed by atoms with Crippen LogP contribution in [0.4, 0.5) is 4.79 Å². The van der Waals surface area contributed by atoms with E-state index in [-0.39, 0.29) is 17.4 Å². The number of hydrogen-bond acceptors (Lipinski definition) is 3. The number of nitrogens with one attached hydrogen (secondary N) is 2. The Bertz CT molecular complexity index is 329. The molecule has 6 nitrogen and oxygen atoms in total. The number of piperidine rings is 1. The molecule has 0 aromatic carbocycles. The van der Waals surface area contributed by atoms with Crippen LogP contribution in [-0.4, -0.2) is 68.6 Å². The van der Waals surface area contributed by atoms with Gasteiger partial charge in [-0.25, -0.2) is 4.79 Å². The van der Waals surface area contributed by atoms with Gasteiger partial charge in [0.2, 0.25) is 5.91 Å². The number of amides is 3. The number of carbonyl (C=O) groups is 2. The number of rotatable bonds is 2. The van der Waals surface area contributed by atoms with E-state index in [1.54, 1.807) is 14.1 Å². The maximum Gasteiger partial charge on any atom is 0.317 e. The molecular formula is C12H22N4O2. The summed E-state index contributed by atoms with van der Waals surface area (Å²) < 4.78 is 0. The largest absolute Gasteiger partial charge is 0.341 e. The fourth-order valence-electron chi connectivity index (χ4n) is 2.86. The van der Waals surface area contributed by atoms with E-state index in [9.17, 15) is 9.59 Å². The van der Waals surface area contributed by atoms with Gasteiger partial charge < -0.3 is 20.4 Å². The Labute approximate surface area is 108 Å². The van der Waals surface area contributed by atoms with E-state index in [1.165, 1.54) is 0 Å². The predicted octanol–water partition coefficient (Wildman–Crippen LogP) is -0.530. The molecule has 6 heteroatoms. The van der Waals surface area contributed by atoms with Gasteiger partial charge in [0.1, 0.15) is 0 Å². The lowest BCUT2D eigenvalue weighted by Crippen LogP contribution is -2.63. The summed E-state index contributed by atoms with van der Waals surface area (Å²) in [6.07, 6.45) is 2.01. The normalized spacial score (nSPS) is 21.7. The first-order valence-corrected chi connectivity index (χ1v) is 6.49. The summed E-state index contributed by atoms with van der Waals surface area (Å²) in [4.78, 5) is 26.9. The van der Waals surface area contributed by atoms with Crippen LogP contribution in [0.15, 0.2) is 0 Å². The van der Waals surface area contributed by atoms with Gasteiger partial charge in [0.15, 0.2) is 0 Å². The van der Waals surface area contributed by atoms with Gasteiger partial charge in [-0.15, -0.1) is 0 Å². The van der Waals surface area contributed by atoms with Gasteiger partial charge >= 0.3 is 6.03 Å². The number of likely N-dealkylation sites (tertiary alicyclic amines) is 2. The van der Waals surface area contributed by atoms with E-state index in [0.717, 1.165) is 39.0 Å². The lowest BCUT2D eigenvalue weighted by atomic mass is 9.72. The minimum Gasteiger partial charge on any atom is -0.341 e. The van der Waals surface area contributed by atoms with Crippen LogP contribution >= 0.6 is 0 Å². The van der Waals surface area contributed by atoms with Gasteiger partial charge in [-0.2, -0.15) is 0 Å². The second-order valence-electron chi connectivity index (χ2n) is 5.32. The van der Waals surface area contributed by atoms with E-state index < -0.39 is 0 Å². The minimum absolute atomic E-state index is 0.00675. The van der Waals surface area contributed by atoms with Crippen molar-refractivity contribution in [1.29, 1.82) is 0 Å².